The topological polar surface area (TPSA) is 185 Å². The van der Waals surface area contributed by atoms with E-state index in [1.54, 1.807) is 0 Å². The van der Waals surface area contributed by atoms with Crippen molar-refractivity contribution < 1.29 is 59.1 Å². The van der Waals surface area contributed by atoms with Gasteiger partial charge in [-0.15, -0.1) is 0 Å². The fourth-order valence-corrected chi connectivity index (χ4v) is 9.10. The van der Waals surface area contributed by atoms with E-state index in [1.165, 1.54) is 44.9 Å². The molecule has 12 nitrogen and oxygen atoms in total. The number of hydrogen-bond acceptors (Lipinski definition) is 12. The lowest BCUT2D eigenvalue weighted by Crippen LogP contribution is -2.60. The van der Waals surface area contributed by atoms with Crippen molar-refractivity contribution in [2.75, 3.05) is 6.61 Å². The molecule has 4 saturated heterocycles. The minimum atomic E-state index is -1.53. The standard InChI is InChI=1S/C43H78O12/c1-3-4-5-15-19-31(45)20-17-22-34(54-43-41(49)40(48)39(47)38(28-44)55-43)35-25-26-37(53-35)36-24-23-33(52-36)32(46)21-16-13-11-9-7-6-8-10-12-14-18-30-27-29(2)51-42(30)50/h29-41,43-49H,3-28H2,1-2H3/t29-,30+,31-,32-,33+,34-,35+,36+,37+,38+,39+,40-,41+,43-/m0/s1. The highest BCUT2D eigenvalue weighted by molar-refractivity contribution is 5.74. The van der Waals surface area contributed by atoms with Gasteiger partial charge in [-0.1, -0.05) is 96.8 Å². The molecule has 0 aliphatic carbocycles. The number of cyclic esters (lactones) is 1. The van der Waals surface area contributed by atoms with Gasteiger partial charge in [0.1, 0.15) is 24.4 Å². The van der Waals surface area contributed by atoms with E-state index in [0.29, 0.717) is 25.7 Å². The van der Waals surface area contributed by atoms with E-state index in [1.807, 2.05) is 6.92 Å². The number of carbonyl (C=O) groups is 1. The van der Waals surface area contributed by atoms with Gasteiger partial charge in [-0.25, -0.2) is 0 Å². The Morgan fingerprint density at radius 1 is 0.673 bits per heavy atom. The van der Waals surface area contributed by atoms with Crippen molar-refractivity contribution in [1.29, 1.82) is 0 Å². The summed E-state index contributed by atoms with van der Waals surface area (Å²) in [6.07, 6.45) is 15.6. The molecule has 14 atom stereocenters. The summed E-state index contributed by atoms with van der Waals surface area (Å²) in [5.74, 6) is 0.115. The number of aliphatic hydroxyl groups excluding tert-OH is 6. The van der Waals surface area contributed by atoms with Crippen LogP contribution >= 0.6 is 0 Å². The lowest BCUT2D eigenvalue weighted by atomic mass is 9.97. The zero-order valence-corrected chi connectivity index (χ0v) is 34.1. The first-order valence-electron chi connectivity index (χ1n) is 22.4. The van der Waals surface area contributed by atoms with Gasteiger partial charge in [-0.2, -0.15) is 0 Å². The van der Waals surface area contributed by atoms with E-state index in [2.05, 4.69) is 6.92 Å². The Kier molecular flexibility index (Phi) is 21.7. The summed E-state index contributed by atoms with van der Waals surface area (Å²) in [5.41, 5.74) is 0. The molecule has 6 N–H and O–H groups in total. The highest BCUT2D eigenvalue weighted by atomic mass is 16.7. The van der Waals surface area contributed by atoms with Gasteiger partial charge < -0.3 is 54.3 Å². The second-order valence-electron chi connectivity index (χ2n) is 17.2. The van der Waals surface area contributed by atoms with Crippen LogP contribution in [0.2, 0.25) is 0 Å². The predicted molar refractivity (Wildman–Crippen MR) is 208 cm³/mol. The predicted octanol–water partition coefficient (Wildman–Crippen LogP) is 5.76. The Morgan fingerprint density at radius 3 is 1.89 bits per heavy atom. The van der Waals surface area contributed by atoms with Crippen LogP contribution in [-0.4, -0.2) is 123 Å². The summed E-state index contributed by atoms with van der Waals surface area (Å²) in [6, 6.07) is 0. The van der Waals surface area contributed by atoms with Crippen molar-refractivity contribution in [3.8, 4) is 0 Å². The van der Waals surface area contributed by atoms with Gasteiger partial charge in [-0.05, 0) is 77.6 Å². The smallest absolute Gasteiger partial charge is 0.309 e. The maximum atomic E-state index is 11.8. The van der Waals surface area contributed by atoms with Crippen molar-refractivity contribution in [3.05, 3.63) is 0 Å². The second-order valence-corrected chi connectivity index (χ2v) is 17.2. The monoisotopic (exact) mass is 787 g/mol. The quantitative estimate of drug-likeness (QED) is 0.0417. The molecule has 12 heteroatoms. The molecule has 0 aromatic rings. The van der Waals surface area contributed by atoms with Crippen LogP contribution in [-0.2, 0) is 28.5 Å². The molecule has 4 heterocycles. The Hall–Kier alpha value is -0.930. The van der Waals surface area contributed by atoms with Crippen LogP contribution in [0.15, 0.2) is 0 Å². The summed E-state index contributed by atoms with van der Waals surface area (Å²) < 4.78 is 30.2. The largest absolute Gasteiger partial charge is 0.462 e. The normalized spacial score (nSPS) is 34.3. The summed E-state index contributed by atoms with van der Waals surface area (Å²) >= 11 is 0. The van der Waals surface area contributed by atoms with Gasteiger partial charge in [0.15, 0.2) is 6.29 Å². The van der Waals surface area contributed by atoms with Gasteiger partial charge in [0.2, 0.25) is 0 Å². The molecule has 4 aliphatic rings. The van der Waals surface area contributed by atoms with Gasteiger partial charge in [0.05, 0.1) is 61.4 Å². The van der Waals surface area contributed by atoms with Gasteiger partial charge in [0, 0.05) is 0 Å². The molecule has 0 saturated carbocycles. The molecule has 0 bridgehead atoms. The molecule has 4 fully saturated rings. The first-order chi connectivity index (χ1) is 26.6. The highest BCUT2D eigenvalue weighted by Gasteiger charge is 2.47. The van der Waals surface area contributed by atoms with E-state index in [9.17, 15) is 35.4 Å². The van der Waals surface area contributed by atoms with Crippen molar-refractivity contribution in [1.82, 2.24) is 0 Å². The van der Waals surface area contributed by atoms with E-state index < -0.39 is 55.6 Å². The van der Waals surface area contributed by atoms with Crippen LogP contribution in [0.5, 0.6) is 0 Å². The average molecular weight is 787 g/mol. The third kappa shape index (κ3) is 15.6. The number of carbonyl (C=O) groups excluding carboxylic acids is 1. The molecule has 0 amide bonds. The molecule has 0 spiro atoms. The first-order valence-corrected chi connectivity index (χ1v) is 22.4. The molecule has 0 aromatic carbocycles. The second kappa shape index (κ2) is 25.5. The molecular formula is C43H78O12. The molecule has 0 unspecified atom stereocenters. The van der Waals surface area contributed by atoms with E-state index in [-0.39, 0.29) is 42.4 Å². The van der Waals surface area contributed by atoms with Crippen LogP contribution in [0.1, 0.15) is 174 Å². The third-order valence-electron chi connectivity index (χ3n) is 12.6. The summed E-state index contributed by atoms with van der Waals surface area (Å²) in [5, 5.41) is 62.6. The Labute approximate surface area is 331 Å². The number of aliphatic hydroxyl groups is 6. The summed E-state index contributed by atoms with van der Waals surface area (Å²) in [7, 11) is 0. The molecule has 0 radical (unpaired) electrons. The van der Waals surface area contributed by atoms with Crippen LogP contribution in [0.25, 0.3) is 0 Å². The van der Waals surface area contributed by atoms with Crippen LogP contribution in [0.3, 0.4) is 0 Å². The first kappa shape index (κ1) is 46.8. The maximum Gasteiger partial charge on any atom is 0.309 e. The van der Waals surface area contributed by atoms with Crippen molar-refractivity contribution >= 4 is 5.97 Å². The zero-order chi connectivity index (χ0) is 39.6. The average Bonchev–Trinajstić information content (AvgIpc) is 3.93. The van der Waals surface area contributed by atoms with Crippen molar-refractivity contribution in [2.24, 2.45) is 5.92 Å². The zero-order valence-electron chi connectivity index (χ0n) is 34.1. The summed E-state index contributed by atoms with van der Waals surface area (Å²) in [4.78, 5) is 11.8. The molecule has 0 aromatic heterocycles. The fourth-order valence-electron chi connectivity index (χ4n) is 9.10. The Morgan fingerprint density at radius 2 is 1.25 bits per heavy atom. The Balaban J connectivity index is 1.11. The van der Waals surface area contributed by atoms with Gasteiger partial charge >= 0.3 is 5.97 Å². The number of rotatable bonds is 28. The number of hydrogen-bond donors (Lipinski definition) is 6. The number of esters is 1. The number of unbranched alkanes of at least 4 members (excludes halogenated alkanes) is 12. The van der Waals surface area contributed by atoms with Gasteiger partial charge in [0.25, 0.3) is 0 Å². The van der Waals surface area contributed by atoms with Gasteiger partial charge in [-0.3, -0.25) is 4.79 Å². The lowest BCUT2D eigenvalue weighted by molar-refractivity contribution is -0.318. The number of ether oxygens (including phenoxy) is 5. The molecule has 322 valence electrons. The third-order valence-corrected chi connectivity index (χ3v) is 12.6. The molecule has 55 heavy (non-hydrogen) atoms. The molecule has 4 rings (SSSR count). The highest BCUT2D eigenvalue weighted by Crippen LogP contribution is 2.36. The Bertz CT molecular complexity index is 1030. The van der Waals surface area contributed by atoms with Crippen LogP contribution in [0, 0.1) is 5.92 Å². The molecular weight excluding hydrogens is 708 g/mol. The van der Waals surface area contributed by atoms with Crippen molar-refractivity contribution in [3.63, 3.8) is 0 Å². The van der Waals surface area contributed by atoms with Crippen LogP contribution in [0.4, 0.5) is 0 Å². The summed E-state index contributed by atoms with van der Waals surface area (Å²) in [6.45, 7) is 3.61. The van der Waals surface area contributed by atoms with E-state index >= 15 is 0 Å². The fraction of sp³-hybridized carbons (Fsp3) is 0.977. The molecule has 4 aliphatic heterocycles. The minimum Gasteiger partial charge on any atom is -0.462 e. The SMILES string of the molecule is CCCCCC[C@H](O)CCC[C@H](O[C@H]1O[C@H](CO)[C@@H](O)[C@H](O)[C@H]1O)[C@H]1CC[C@H]([C@H]2CC[C@H]([C@@H](O)CCCCCCCCCCCC[C@@H]3C[C@H](C)OC3=O)O2)O1. The van der Waals surface area contributed by atoms with Crippen LogP contribution < -0.4 is 0 Å². The van der Waals surface area contributed by atoms with Crippen molar-refractivity contribution in [2.45, 2.75) is 254 Å². The maximum absolute atomic E-state index is 11.8. The van der Waals surface area contributed by atoms with E-state index in [0.717, 1.165) is 89.9 Å². The lowest BCUT2D eigenvalue weighted by Gasteiger charge is -2.41. The minimum absolute atomic E-state index is 0.00333. The van der Waals surface area contributed by atoms with E-state index in [4.69, 9.17) is 23.7 Å².